The van der Waals surface area contributed by atoms with Crippen LogP contribution in [0.2, 0.25) is 0 Å². The highest BCUT2D eigenvalue weighted by Gasteiger charge is 2.21. The lowest BCUT2D eigenvalue weighted by molar-refractivity contribution is 0.0951. The van der Waals surface area contributed by atoms with Crippen LogP contribution >= 0.6 is 0 Å². The van der Waals surface area contributed by atoms with Crippen LogP contribution in [0.5, 0.6) is 0 Å². The van der Waals surface area contributed by atoms with Crippen molar-refractivity contribution in [3.63, 3.8) is 0 Å². The maximum atomic E-state index is 12.9. The number of rotatable bonds is 7. The van der Waals surface area contributed by atoms with Crippen molar-refractivity contribution in [2.75, 3.05) is 29.3 Å². The highest BCUT2D eigenvalue weighted by molar-refractivity contribution is 7.92. The Hall–Kier alpha value is -3.32. The number of hydrogen-bond acceptors (Lipinski definition) is 4. The molecule has 0 unspecified atom stereocenters. The normalized spacial score (nSPS) is 14.0. The largest absolute Gasteiger partial charge is 0.372 e. The van der Waals surface area contributed by atoms with E-state index in [0.717, 1.165) is 24.2 Å². The van der Waals surface area contributed by atoms with Gasteiger partial charge in [-0.3, -0.25) is 9.10 Å². The minimum Gasteiger partial charge on any atom is -0.372 e. The molecule has 4 rings (SSSR count). The molecule has 1 aliphatic rings. The van der Waals surface area contributed by atoms with Gasteiger partial charge in [0.05, 0.1) is 10.6 Å². The smallest absolute Gasteiger partial charge is 0.264 e. The van der Waals surface area contributed by atoms with E-state index in [0.29, 0.717) is 17.8 Å². The number of aryl methyl sites for hydroxylation is 1. The number of carbonyl (C=O) groups excluding carboxylic acids is 1. The topological polar surface area (TPSA) is 69.7 Å². The Morgan fingerprint density at radius 2 is 1.50 bits per heavy atom. The predicted octanol–water partition coefficient (Wildman–Crippen LogP) is 4.74. The number of piperidine rings is 1. The van der Waals surface area contributed by atoms with Crippen LogP contribution < -0.4 is 14.5 Å². The van der Waals surface area contributed by atoms with E-state index in [1.54, 1.807) is 48.5 Å². The third-order valence-electron chi connectivity index (χ3n) is 6.28. The van der Waals surface area contributed by atoms with Crippen LogP contribution in [0, 0.1) is 6.92 Å². The van der Waals surface area contributed by atoms with E-state index in [2.05, 4.69) is 34.5 Å². The Balaban J connectivity index is 1.36. The lowest BCUT2D eigenvalue weighted by atomic mass is 10.1. The van der Waals surface area contributed by atoms with E-state index in [-0.39, 0.29) is 10.8 Å². The highest BCUT2D eigenvalue weighted by atomic mass is 32.2. The van der Waals surface area contributed by atoms with Crippen LogP contribution in [0.15, 0.2) is 77.7 Å². The lowest BCUT2D eigenvalue weighted by Crippen LogP contribution is -2.29. The third-order valence-corrected chi connectivity index (χ3v) is 8.08. The van der Waals surface area contributed by atoms with Gasteiger partial charge < -0.3 is 10.2 Å². The summed E-state index contributed by atoms with van der Waals surface area (Å²) in [5.74, 6) is -0.198. The summed E-state index contributed by atoms with van der Waals surface area (Å²) in [6, 6.07) is 21.7. The van der Waals surface area contributed by atoms with Crippen molar-refractivity contribution in [2.45, 2.75) is 37.6 Å². The lowest BCUT2D eigenvalue weighted by Gasteiger charge is -2.28. The highest BCUT2D eigenvalue weighted by Crippen LogP contribution is 2.23. The molecule has 3 aromatic rings. The Labute approximate surface area is 202 Å². The van der Waals surface area contributed by atoms with Gasteiger partial charge in [-0.1, -0.05) is 29.8 Å². The van der Waals surface area contributed by atoms with Crippen molar-refractivity contribution in [1.29, 1.82) is 0 Å². The predicted molar refractivity (Wildman–Crippen MR) is 137 cm³/mol. The van der Waals surface area contributed by atoms with Gasteiger partial charge in [-0.05, 0) is 80.3 Å². The number of nitrogens with one attached hydrogen (secondary N) is 1. The van der Waals surface area contributed by atoms with E-state index in [4.69, 9.17) is 0 Å². The molecule has 1 heterocycles. The average molecular weight is 478 g/mol. The summed E-state index contributed by atoms with van der Waals surface area (Å²) < 4.78 is 27.0. The van der Waals surface area contributed by atoms with E-state index < -0.39 is 10.0 Å². The first-order valence-electron chi connectivity index (χ1n) is 11.6. The number of nitrogens with zero attached hydrogens (tertiary/aromatic N) is 2. The molecule has 1 saturated heterocycles. The van der Waals surface area contributed by atoms with Crippen molar-refractivity contribution in [3.8, 4) is 0 Å². The van der Waals surface area contributed by atoms with Gasteiger partial charge in [-0.25, -0.2) is 8.42 Å². The van der Waals surface area contributed by atoms with Gasteiger partial charge in [0.1, 0.15) is 0 Å². The third kappa shape index (κ3) is 5.42. The molecule has 1 N–H and O–H groups in total. The van der Waals surface area contributed by atoms with E-state index in [1.807, 2.05) is 6.92 Å². The summed E-state index contributed by atoms with van der Waals surface area (Å²) >= 11 is 0. The number of sulfonamides is 1. The monoisotopic (exact) mass is 477 g/mol. The molecule has 1 fully saturated rings. The molecule has 0 aliphatic carbocycles. The van der Waals surface area contributed by atoms with Crippen molar-refractivity contribution >= 4 is 27.3 Å². The van der Waals surface area contributed by atoms with Gasteiger partial charge in [-0.15, -0.1) is 0 Å². The number of hydrogen-bond donors (Lipinski definition) is 1. The molecule has 0 spiro atoms. The first-order valence-corrected chi connectivity index (χ1v) is 13.1. The summed E-state index contributed by atoms with van der Waals surface area (Å²) in [5, 5.41) is 2.94. The zero-order valence-electron chi connectivity index (χ0n) is 19.7. The molecule has 7 heteroatoms. The van der Waals surface area contributed by atoms with Gasteiger partial charge in [0, 0.05) is 37.9 Å². The van der Waals surface area contributed by atoms with Crippen LogP contribution in [0.3, 0.4) is 0 Å². The van der Waals surface area contributed by atoms with Crippen molar-refractivity contribution in [2.24, 2.45) is 0 Å². The second kappa shape index (κ2) is 10.3. The first kappa shape index (κ1) is 23.8. The molecule has 0 radical (unpaired) electrons. The Morgan fingerprint density at radius 3 is 2.12 bits per heavy atom. The SMILES string of the molecule is Cc1ccc(S(=O)(=O)N(C)c2ccc(C(=O)NCc3ccc(N4CCCCC4)cc3)cc2)cc1. The minimum atomic E-state index is -3.67. The maximum Gasteiger partial charge on any atom is 0.264 e. The van der Waals surface area contributed by atoms with E-state index in [9.17, 15) is 13.2 Å². The van der Waals surface area contributed by atoms with Crippen molar-refractivity contribution in [3.05, 3.63) is 89.5 Å². The van der Waals surface area contributed by atoms with Crippen molar-refractivity contribution in [1.82, 2.24) is 5.32 Å². The fraction of sp³-hybridized carbons (Fsp3) is 0.296. The summed E-state index contributed by atoms with van der Waals surface area (Å²) in [4.78, 5) is 15.2. The van der Waals surface area contributed by atoms with Crippen LogP contribution in [0.4, 0.5) is 11.4 Å². The molecule has 1 aliphatic heterocycles. The van der Waals surface area contributed by atoms with Gasteiger partial charge in [0.15, 0.2) is 0 Å². The van der Waals surface area contributed by atoms with Crippen LogP contribution in [0.1, 0.15) is 40.7 Å². The van der Waals surface area contributed by atoms with Gasteiger partial charge in [-0.2, -0.15) is 0 Å². The van der Waals surface area contributed by atoms with Gasteiger partial charge in [0.25, 0.3) is 15.9 Å². The van der Waals surface area contributed by atoms with Crippen LogP contribution in [-0.4, -0.2) is 34.5 Å². The summed E-state index contributed by atoms with van der Waals surface area (Å²) in [6.45, 7) is 4.55. The molecule has 178 valence electrons. The van der Waals surface area contributed by atoms with Crippen molar-refractivity contribution < 1.29 is 13.2 Å². The fourth-order valence-corrected chi connectivity index (χ4v) is 5.29. The maximum absolute atomic E-state index is 12.9. The number of benzene rings is 3. The fourth-order valence-electron chi connectivity index (χ4n) is 4.09. The minimum absolute atomic E-state index is 0.198. The first-order chi connectivity index (χ1) is 16.3. The zero-order valence-corrected chi connectivity index (χ0v) is 20.5. The molecule has 0 saturated carbocycles. The summed E-state index contributed by atoms with van der Waals surface area (Å²) in [7, 11) is -2.16. The molecule has 34 heavy (non-hydrogen) atoms. The molecule has 0 atom stereocenters. The molecular weight excluding hydrogens is 446 g/mol. The zero-order chi connectivity index (χ0) is 24.1. The second-order valence-electron chi connectivity index (χ2n) is 8.73. The second-order valence-corrected chi connectivity index (χ2v) is 10.7. The Morgan fingerprint density at radius 1 is 0.882 bits per heavy atom. The summed E-state index contributed by atoms with van der Waals surface area (Å²) in [5.41, 5.74) is 4.24. The molecule has 0 aromatic heterocycles. The average Bonchev–Trinajstić information content (AvgIpc) is 2.88. The van der Waals surface area contributed by atoms with Crippen LogP contribution in [0.25, 0.3) is 0 Å². The summed E-state index contributed by atoms with van der Waals surface area (Å²) in [6.07, 6.45) is 3.79. The van der Waals surface area contributed by atoms with Gasteiger partial charge in [0.2, 0.25) is 0 Å². The molecular formula is C27H31N3O3S. The van der Waals surface area contributed by atoms with Crippen LogP contribution in [-0.2, 0) is 16.6 Å². The molecule has 0 bridgehead atoms. The Kier molecular flexibility index (Phi) is 7.22. The molecule has 1 amide bonds. The number of amides is 1. The number of anilines is 2. The van der Waals surface area contributed by atoms with Gasteiger partial charge >= 0.3 is 0 Å². The standard InChI is InChI=1S/C27H31N3O3S/c1-21-6-16-26(17-7-21)34(32,33)29(2)24-14-10-23(11-15-24)27(31)28-20-22-8-12-25(13-9-22)30-18-4-3-5-19-30/h6-17H,3-5,18-20H2,1-2H3,(H,28,31). The van der Waals surface area contributed by atoms with E-state index in [1.165, 1.54) is 36.3 Å². The molecule has 3 aromatic carbocycles. The molecule has 6 nitrogen and oxygen atoms in total. The quantitative estimate of drug-likeness (QED) is 0.534. The number of carbonyl (C=O) groups is 1. The Bertz CT molecular complexity index is 1220. The van der Waals surface area contributed by atoms with E-state index >= 15 is 0 Å².